The summed E-state index contributed by atoms with van der Waals surface area (Å²) in [6.07, 6.45) is 0.884. The van der Waals surface area contributed by atoms with Crippen LogP contribution in [0.2, 0.25) is 0 Å². The van der Waals surface area contributed by atoms with Gasteiger partial charge < -0.3 is 19.9 Å². The van der Waals surface area contributed by atoms with E-state index in [1.807, 2.05) is 36.4 Å². The fourth-order valence-electron chi connectivity index (χ4n) is 2.06. The molecule has 2 aromatic rings. The van der Waals surface area contributed by atoms with Gasteiger partial charge in [0, 0.05) is 19.7 Å². The molecule has 0 unspecified atom stereocenters. The molecule has 25 heavy (non-hydrogen) atoms. The predicted molar refractivity (Wildman–Crippen MR) is 111 cm³/mol. The highest BCUT2D eigenvalue weighted by Gasteiger charge is 2.08. The van der Waals surface area contributed by atoms with Crippen LogP contribution in [0.3, 0.4) is 0 Å². The van der Waals surface area contributed by atoms with Crippen LogP contribution in [0.15, 0.2) is 45.9 Å². The highest BCUT2D eigenvalue weighted by Crippen LogP contribution is 2.13. The number of hydrogen-bond donors (Lipinski definition) is 2. The van der Waals surface area contributed by atoms with Gasteiger partial charge >= 0.3 is 0 Å². The molecular weight excluding hydrogens is 431 g/mol. The minimum Gasteiger partial charge on any atom is -0.494 e. The minimum atomic E-state index is 0. The van der Waals surface area contributed by atoms with Crippen LogP contribution >= 0.6 is 24.0 Å². The number of halogens is 1. The molecule has 0 amide bonds. The second-order valence-electron chi connectivity index (χ2n) is 5.74. The van der Waals surface area contributed by atoms with Gasteiger partial charge in [-0.1, -0.05) is 37.2 Å². The molecule has 6 nitrogen and oxygen atoms in total. The number of guanidine groups is 1. The second kappa shape index (κ2) is 11.7. The fourth-order valence-corrected chi connectivity index (χ4v) is 2.06. The Hall–Kier alpha value is -1.77. The molecule has 0 aliphatic carbocycles. The monoisotopic (exact) mass is 458 g/mol. The maximum atomic E-state index is 5.65. The van der Waals surface area contributed by atoms with Gasteiger partial charge in [-0.2, -0.15) is 0 Å². The van der Waals surface area contributed by atoms with Crippen LogP contribution in [-0.4, -0.2) is 31.3 Å². The number of nitrogens with one attached hydrogen (secondary N) is 2. The Bertz CT molecular complexity index is 629. The standard InChI is InChI=1S/C18H26N4O2.HI/c1-14(2)17-12-16(24-22-17)13-21-18(19-3)20-10-7-11-23-15-8-5-4-6-9-15;/h4-6,8-9,12,14H,7,10-11,13H2,1-3H3,(H2,19,20,21);1H. The molecule has 0 aliphatic rings. The molecule has 1 aromatic carbocycles. The van der Waals surface area contributed by atoms with Crippen molar-refractivity contribution in [1.82, 2.24) is 15.8 Å². The van der Waals surface area contributed by atoms with Crippen molar-refractivity contribution in [2.75, 3.05) is 20.2 Å². The van der Waals surface area contributed by atoms with Crippen molar-refractivity contribution in [3.8, 4) is 5.75 Å². The topological polar surface area (TPSA) is 71.7 Å². The molecule has 2 N–H and O–H groups in total. The number of benzene rings is 1. The van der Waals surface area contributed by atoms with E-state index < -0.39 is 0 Å². The lowest BCUT2D eigenvalue weighted by atomic mass is 10.1. The largest absolute Gasteiger partial charge is 0.494 e. The fraction of sp³-hybridized carbons (Fsp3) is 0.444. The summed E-state index contributed by atoms with van der Waals surface area (Å²) in [5.41, 5.74) is 0.966. The molecule has 2 rings (SSSR count). The van der Waals surface area contributed by atoms with Gasteiger partial charge in [0.05, 0.1) is 18.8 Å². The maximum Gasteiger partial charge on any atom is 0.191 e. The van der Waals surface area contributed by atoms with Crippen LogP contribution in [0.5, 0.6) is 5.75 Å². The van der Waals surface area contributed by atoms with Gasteiger partial charge in [0.2, 0.25) is 0 Å². The predicted octanol–water partition coefficient (Wildman–Crippen LogP) is 3.55. The Labute approximate surface area is 166 Å². The van der Waals surface area contributed by atoms with E-state index >= 15 is 0 Å². The lowest BCUT2D eigenvalue weighted by Crippen LogP contribution is -2.37. The summed E-state index contributed by atoms with van der Waals surface area (Å²) >= 11 is 0. The van der Waals surface area contributed by atoms with Gasteiger partial charge in [-0.15, -0.1) is 24.0 Å². The third-order valence-corrected chi connectivity index (χ3v) is 3.45. The van der Waals surface area contributed by atoms with E-state index in [9.17, 15) is 0 Å². The zero-order valence-electron chi connectivity index (χ0n) is 15.0. The summed E-state index contributed by atoms with van der Waals surface area (Å²) in [7, 11) is 1.75. The van der Waals surface area contributed by atoms with Gasteiger partial charge in [0.1, 0.15) is 5.75 Å². The molecule has 0 radical (unpaired) electrons. The summed E-state index contributed by atoms with van der Waals surface area (Å²) in [6.45, 7) is 6.17. The first-order valence-corrected chi connectivity index (χ1v) is 8.27. The van der Waals surface area contributed by atoms with Crippen LogP contribution < -0.4 is 15.4 Å². The average Bonchev–Trinajstić information content (AvgIpc) is 3.07. The SMILES string of the molecule is CN=C(NCCCOc1ccccc1)NCc1cc(C(C)C)no1.I. The summed E-state index contributed by atoms with van der Waals surface area (Å²) in [5.74, 6) is 2.79. The maximum absolute atomic E-state index is 5.65. The normalized spacial score (nSPS) is 11.1. The molecule has 0 fully saturated rings. The molecule has 1 aromatic heterocycles. The van der Waals surface area contributed by atoms with E-state index in [-0.39, 0.29) is 24.0 Å². The molecule has 0 bridgehead atoms. The number of ether oxygens (including phenoxy) is 1. The highest BCUT2D eigenvalue weighted by atomic mass is 127. The van der Waals surface area contributed by atoms with Gasteiger partial charge in [-0.05, 0) is 24.5 Å². The minimum absolute atomic E-state index is 0. The van der Waals surface area contributed by atoms with Crippen molar-refractivity contribution in [3.05, 3.63) is 47.9 Å². The summed E-state index contributed by atoms with van der Waals surface area (Å²) in [4.78, 5) is 4.19. The van der Waals surface area contributed by atoms with Crippen LogP contribution in [-0.2, 0) is 6.54 Å². The van der Waals surface area contributed by atoms with Gasteiger partial charge in [-0.3, -0.25) is 4.99 Å². The molecule has 0 saturated carbocycles. The van der Waals surface area contributed by atoms with E-state index in [0.29, 0.717) is 19.1 Å². The quantitative estimate of drug-likeness (QED) is 0.274. The lowest BCUT2D eigenvalue weighted by molar-refractivity contribution is 0.311. The summed E-state index contributed by atoms with van der Waals surface area (Å²) in [5, 5.41) is 10.5. The molecule has 138 valence electrons. The van der Waals surface area contributed by atoms with Crippen LogP contribution in [0.1, 0.15) is 37.6 Å². The number of nitrogens with zero attached hydrogens (tertiary/aromatic N) is 2. The number of aromatic nitrogens is 1. The van der Waals surface area contributed by atoms with Crippen molar-refractivity contribution in [3.63, 3.8) is 0 Å². The third kappa shape index (κ3) is 7.76. The number of para-hydroxylation sites is 1. The van der Waals surface area contributed by atoms with E-state index in [4.69, 9.17) is 9.26 Å². The highest BCUT2D eigenvalue weighted by molar-refractivity contribution is 14.0. The summed E-state index contributed by atoms with van der Waals surface area (Å²) in [6, 6.07) is 11.8. The van der Waals surface area contributed by atoms with Crippen molar-refractivity contribution in [2.45, 2.75) is 32.7 Å². The first-order chi connectivity index (χ1) is 11.7. The average molecular weight is 458 g/mol. The Balaban J connectivity index is 0.00000312. The van der Waals surface area contributed by atoms with Crippen LogP contribution in [0.25, 0.3) is 0 Å². The number of aliphatic imine (C=N–C) groups is 1. The van der Waals surface area contributed by atoms with Gasteiger partial charge in [0.25, 0.3) is 0 Å². The van der Waals surface area contributed by atoms with E-state index in [2.05, 4.69) is 34.6 Å². The molecule has 0 aliphatic heterocycles. The van der Waals surface area contributed by atoms with Crippen LogP contribution in [0.4, 0.5) is 0 Å². The molecule has 0 saturated heterocycles. The van der Waals surface area contributed by atoms with E-state index in [0.717, 1.165) is 36.1 Å². The Morgan fingerprint density at radius 1 is 1.24 bits per heavy atom. The van der Waals surface area contributed by atoms with Crippen molar-refractivity contribution in [2.24, 2.45) is 4.99 Å². The summed E-state index contributed by atoms with van der Waals surface area (Å²) < 4.78 is 10.9. The molecular formula is C18H27IN4O2. The first-order valence-electron chi connectivity index (χ1n) is 8.27. The second-order valence-corrected chi connectivity index (χ2v) is 5.74. The third-order valence-electron chi connectivity index (χ3n) is 3.45. The Morgan fingerprint density at radius 3 is 2.64 bits per heavy atom. The molecule has 0 atom stereocenters. The van der Waals surface area contributed by atoms with Crippen LogP contribution in [0, 0.1) is 0 Å². The number of hydrogen-bond acceptors (Lipinski definition) is 4. The molecule has 0 spiro atoms. The zero-order valence-corrected chi connectivity index (χ0v) is 17.3. The first kappa shape index (κ1) is 21.3. The molecule has 7 heteroatoms. The van der Waals surface area contributed by atoms with Crippen molar-refractivity contribution in [1.29, 1.82) is 0 Å². The van der Waals surface area contributed by atoms with Gasteiger partial charge in [0.15, 0.2) is 11.7 Å². The van der Waals surface area contributed by atoms with Gasteiger partial charge in [-0.25, -0.2) is 0 Å². The Morgan fingerprint density at radius 2 is 2.00 bits per heavy atom. The molecule has 1 heterocycles. The van der Waals surface area contributed by atoms with Crippen molar-refractivity contribution < 1.29 is 9.26 Å². The Kier molecular flexibility index (Phi) is 9.98. The number of rotatable bonds is 8. The van der Waals surface area contributed by atoms with Crippen molar-refractivity contribution >= 4 is 29.9 Å². The lowest BCUT2D eigenvalue weighted by Gasteiger charge is -2.11. The zero-order chi connectivity index (χ0) is 17.2. The van der Waals surface area contributed by atoms with E-state index in [1.165, 1.54) is 0 Å². The smallest absolute Gasteiger partial charge is 0.191 e. The van der Waals surface area contributed by atoms with E-state index in [1.54, 1.807) is 7.05 Å².